The number of hydrogen-bond donors (Lipinski definition) is 1. The molecule has 0 aromatic heterocycles. The molecular weight excluding hydrogens is 322 g/mol. The number of nitrogens with one attached hydrogen (secondary N) is 1. The summed E-state index contributed by atoms with van der Waals surface area (Å²) >= 11 is 0. The Bertz CT molecular complexity index is 774. The van der Waals surface area contributed by atoms with E-state index in [1.165, 1.54) is 7.11 Å². The van der Waals surface area contributed by atoms with E-state index in [-0.39, 0.29) is 24.1 Å². The first-order valence-corrected chi connectivity index (χ1v) is 8.00. The molecule has 0 unspecified atom stereocenters. The fraction of sp³-hybridized carbons (Fsp3) is 0.263. The minimum atomic E-state index is -0.505. The van der Waals surface area contributed by atoms with Crippen molar-refractivity contribution in [3.05, 3.63) is 59.7 Å². The van der Waals surface area contributed by atoms with E-state index in [0.29, 0.717) is 18.8 Å². The molecule has 1 aliphatic rings. The molecule has 6 heteroatoms. The molecule has 0 bridgehead atoms. The van der Waals surface area contributed by atoms with Gasteiger partial charge in [-0.25, -0.2) is 4.79 Å². The molecule has 0 spiro atoms. The molecule has 1 heterocycles. The van der Waals surface area contributed by atoms with Crippen molar-refractivity contribution < 1.29 is 23.8 Å². The van der Waals surface area contributed by atoms with Crippen LogP contribution in [-0.4, -0.2) is 32.2 Å². The van der Waals surface area contributed by atoms with Crippen LogP contribution in [0.2, 0.25) is 0 Å². The van der Waals surface area contributed by atoms with Gasteiger partial charge in [-0.15, -0.1) is 0 Å². The topological polar surface area (TPSA) is 73.9 Å². The van der Waals surface area contributed by atoms with E-state index in [4.69, 9.17) is 14.2 Å². The lowest BCUT2D eigenvalue weighted by Crippen LogP contribution is -2.35. The Hall–Kier alpha value is -3.02. The number of amides is 1. The predicted molar refractivity (Wildman–Crippen MR) is 90.7 cm³/mol. The van der Waals surface area contributed by atoms with Gasteiger partial charge in [0.1, 0.15) is 17.1 Å². The second-order valence-corrected chi connectivity index (χ2v) is 5.57. The van der Waals surface area contributed by atoms with E-state index in [1.54, 1.807) is 24.3 Å². The monoisotopic (exact) mass is 341 g/mol. The molecular formula is C19H19NO5. The number of esters is 1. The molecule has 0 saturated heterocycles. The van der Waals surface area contributed by atoms with Crippen molar-refractivity contribution in [2.75, 3.05) is 20.3 Å². The van der Waals surface area contributed by atoms with Gasteiger partial charge in [0, 0.05) is 12.0 Å². The minimum Gasteiger partial charge on any atom is -0.493 e. The van der Waals surface area contributed by atoms with Crippen LogP contribution in [0.4, 0.5) is 0 Å². The van der Waals surface area contributed by atoms with Crippen LogP contribution in [0, 0.1) is 0 Å². The standard InChI is InChI=1S/C19H19NO5/c1-23-19(22)14-7-3-5-9-17(14)25-12-18(21)20-15-10-11-24-16-8-4-2-6-13(15)16/h2-9,15H,10-12H2,1H3,(H,20,21)/t15-/m1/s1. The Morgan fingerprint density at radius 3 is 2.76 bits per heavy atom. The number of para-hydroxylation sites is 2. The van der Waals surface area contributed by atoms with Crippen molar-refractivity contribution in [3.8, 4) is 11.5 Å². The molecule has 1 aliphatic heterocycles. The van der Waals surface area contributed by atoms with E-state index >= 15 is 0 Å². The molecule has 0 fully saturated rings. The van der Waals surface area contributed by atoms with Gasteiger partial charge in [-0.05, 0) is 18.2 Å². The number of benzene rings is 2. The summed E-state index contributed by atoms with van der Waals surface area (Å²) in [5.41, 5.74) is 1.24. The summed E-state index contributed by atoms with van der Waals surface area (Å²) in [6, 6.07) is 14.2. The zero-order valence-electron chi connectivity index (χ0n) is 13.9. The Balaban J connectivity index is 1.62. The van der Waals surface area contributed by atoms with Gasteiger partial charge in [-0.1, -0.05) is 30.3 Å². The highest BCUT2D eigenvalue weighted by Crippen LogP contribution is 2.31. The predicted octanol–water partition coefficient (Wildman–Crippen LogP) is 2.49. The van der Waals surface area contributed by atoms with Crippen molar-refractivity contribution >= 4 is 11.9 Å². The van der Waals surface area contributed by atoms with Crippen LogP contribution >= 0.6 is 0 Å². The van der Waals surface area contributed by atoms with Crippen LogP contribution in [0.25, 0.3) is 0 Å². The maximum atomic E-state index is 12.3. The van der Waals surface area contributed by atoms with Crippen LogP contribution in [0.5, 0.6) is 11.5 Å². The number of fused-ring (bicyclic) bond motifs is 1. The molecule has 25 heavy (non-hydrogen) atoms. The minimum absolute atomic E-state index is 0.114. The maximum absolute atomic E-state index is 12.3. The molecule has 1 amide bonds. The molecule has 6 nitrogen and oxygen atoms in total. The van der Waals surface area contributed by atoms with E-state index < -0.39 is 5.97 Å². The fourth-order valence-electron chi connectivity index (χ4n) is 2.74. The summed E-state index contributed by atoms with van der Waals surface area (Å²) in [6.45, 7) is 0.363. The smallest absolute Gasteiger partial charge is 0.341 e. The average Bonchev–Trinajstić information content (AvgIpc) is 2.66. The molecule has 2 aromatic rings. The van der Waals surface area contributed by atoms with Crippen LogP contribution in [0.15, 0.2) is 48.5 Å². The summed E-state index contributed by atoms with van der Waals surface area (Å²) in [4.78, 5) is 24.0. The maximum Gasteiger partial charge on any atom is 0.341 e. The van der Waals surface area contributed by atoms with Crippen molar-refractivity contribution in [2.24, 2.45) is 0 Å². The first-order chi connectivity index (χ1) is 12.2. The lowest BCUT2D eigenvalue weighted by Gasteiger charge is -2.26. The Morgan fingerprint density at radius 2 is 1.92 bits per heavy atom. The largest absolute Gasteiger partial charge is 0.493 e. The van der Waals surface area contributed by atoms with Gasteiger partial charge >= 0.3 is 5.97 Å². The van der Waals surface area contributed by atoms with Gasteiger partial charge in [-0.2, -0.15) is 0 Å². The fourth-order valence-corrected chi connectivity index (χ4v) is 2.74. The van der Waals surface area contributed by atoms with E-state index in [9.17, 15) is 9.59 Å². The zero-order valence-corrected chi connectivity index (χ0v) is 13.9. The number of methoxy groups -OCH3 is 1. The number of hydrogen-bond acceptors (Lipinski definition) is 5. The summed E-state index contributed by atoms with van der Waals surface area (Å²) in [5.74, 6) is 0.337. The first-order valence-electron chi connectivity index (χ1n) is 8.00. The molecule has 130 valence electrons. The van der Waals surface area contributed by atoms with Gasteiger partial charge in [0.2, 0.25) is 0 Å². The molecule has 0 radical (unpaired) electrons. The van der Waals surface area contributed by atoms with Crippen LogP contribution in [-0.2, 0) is 9.53 Å². The molecule has 0 aliphatic carbocycles. The third kappa shape index (κ3) is 3.91. The summed E-state index contributed by atoms with van der Waals surface area (Å²) < 4.78 is 15.8. The van der Waals surface area contributed by atoms with Crippen molar-refractivity contribution in [3.63, 3.8) is 0 Å². The molecule has 0 saturated carbocycles. The summed E-state index contributed by atoms with van der Waals surface area (Å²) in [5, 5.41) is 2.95. The van der Waals surface area contributed by atoms with E-state index in [1.807, 2.05) is 24.3 Å². The first kappa shape index (κ1) is 16.8. The molecule has 2 aromatic carbocycles. The summed E-state index contributed by atoms with van der Waals surface area (Å²) in [6.07, 6.45) is 0.696. The van der Waals surface area contributed by atoms with Crippen LogP contribution in [0.3, 0.4) is 0 Å². The normalized spacial score (nSPS) is 15.5. The number of rotatable bonds is 5. The van der Waals surface area contributed by atoms with Crippen molar-refractivity contribution in [1.82, 2.24) is 5.32 Å². The van der Waals surface area contributed by atoms with Gasteiger partial charge in [0.05, 0.1) is 19.8 Å². The van der Waals surface area contributed by atoms with E-state index in [2.05, 4.69) is 5.32 Å². The SMILES string of the molecule is COC(=O)c1ccccc1OCC(=O)N[C@@H]1CCOc2ccccc21. The second-order valence-electron chi connectivity index (χ2n) is 5.57. The third-order valence-electron chi connectivity index (χ3n) is 3.94. The number of carbonyl (C=O) groups is 2. The number of carbonyl (C=O) groups excluding carboxylic acids is 2. The van der Waals surface area contributed by atoms with Crippen LogP contribution < -0.4 is 14.8 Å². The lowest BCUT2D eigenvalue weighted by atomic mass is 10.0. The third-order valence-corrected chi connectivity index (χ3v) is 3.94. The zero-order chi connectivity index (χ0) is 17.6. The molecule has 1 atom stereocenters. The Kier molecular flexibility index (Phi) is 5.18. The summed E-state index contributed by atoms with van der Waals surface area (Å²) in [7, 11) is 1.30. The highest BCUT2D eigenvalue weighted by molar-refractivity contribution is 5.92. The van der Waals surface area contributed by atoms with Crippen molar-refractivity contribution in [2.45, 2.75) is 12.5 Å². The van der Waals surface area contributed by atoms with Gasteiger partial charge in [0.25, 0.3) is 5.91 Å². The highest BCUT2D eigenvalue weighted by atomic mass is 16.5. The van der Waals surface area contributed by atoms with Gasteiger partial charge < -0.3 is 19.5 Å². The van der Waals surface area contributed by atoms with Gasteiger partial charge in [0.15, 0.2) is 6.61 Å². The average molecular weight is 341 g/mol. The molecule has 1 N–H and O–H groups in total. The van der Waals surface area contributed by atoms with Crippen molar-refractivity contribution in [1.29, 1.82) is 0 Å². The quantitative estimate of drug-likeness (QED) is 0.846. The Labute approximate surface area is 145 Å². The van der Waals surface area contributed by atoms with E-state index in [0.717, 1.165) is 11.3 Å². The number of ether oxygens (including phenoxy) is 3. The second kappa shape index (κ2) is 7.70. The van der Waals surface area contributed by atoms with Gasteiger partial charge in [-0.3, -0.25) is 4.79 Å². The van der Waals surface area contributed by atoms with Crippen LogP contribution in [0.1, 0.15) is 28.4 Å². The lowest BCUT2D eigenvalue weighted by molar-refractivity contribution is -0.124. The highest BCUT2D eigenvalue weighted by Gasteiger charge is 2.23. The molecule has 3 rings (SSSR count). The Morgan fingerprint density at radius 1 is 1.16 bits per heavy atom.